The summed E-state index contributed by atoms with van der Waals surface area (Å²) in [5.41, 5.74) is 0.682. The molecule has 4 nitrogen and oxygen atoms in total. The summed E-state index contributed by atoms with van der Waals surface area (Å²) in [5, 5.41) is 0. The van der Waals surface area contributed by atoms with Crippen LogP contribution in [0, 0.1) is 0 Å². The zero-order chi connectivity index (χ0) is 17.7. The monoisotopic (exact) mass is 379 g/mol. The third-order valence-corrected chi connectivity index (χ3v) is 4.35. The molecule has 1 fully saturated rings. The molecule has 0 aromatic heterocycles. The average molecular weight is 380 g/mol. The maximum atomic E-state index is 14.4. The van der Waals surface area contributed by atoms with Crippen molar-refractivity contribution in [2.24, 2.45) is 0 Å². The number of halogens is 4. The molecule has 1 aliphatic rings. The van der Waals surface area contributed by atoms with E-state index in [2.05, 4.69) is 0 Å². The molecule has 0 N–H and O–H groups in total. The van der Waals surface area contributed by atoms with Gasteiger partial charge in [0.25, 0.3) is 5.92 Å². The first-order chi connectivity index (χ1) is 11.4. The Morgan fingerprint density at radius 2 is 1.88 bits per heavy atom. The molecule has 132 valence electrons. The molecule has 24 heavy (non-hydrogen) atoms. The first-order valence-corrected chi connectivity index (χ1v) is 8.48. The van der Waals surface area contributed by atoms with Crippen molar-refractivity contribution < 1.29 is 23.1 Å². The van der Waals surface area contributed by atoms with Crippen LogP contribution in [0.25, 0.3) is 0 Å². The highest BCUT2D eigenvalue weighted by Crippen LogP contribution is 2.41. The van der Waals surface area contributed by atoms with E-state index >= 15 is 0 Å². The van der Waals surface area contributed by atoms with E-state index in [0.717, 1.165) is 4.90 Å². The molecule has 2 rings (SSSR count). The average Bonchev–Trinajstić information content (AvgIpc) is 2.87. The minimum atomic E-state index is -3.17. The number of rotatable bonds is 6. The molecule has 0 aliphatic heterocycles. The highest BCUT2D eigenvalue weighted by molar-refractivity contribution is 6.27. The Kier molecular flexibility index (Phi) is 6.40. The van der Waals surface area contributed by atoms with Gasteiger partial charge >= 0.3 is 5.97 Å². The van der Waals surface area contributed by atoms with E-state index in [4.69, 9.17) is 27.9 Å². The lowest BCUT2D eigenvalue weighted by molar-refractivity contribution is -0.161. The Labute approximate surface area is 148 Å². The number of alkyl halides is 4. The molecule has 1 aliphatic carbocycles. The summed E-state index contributed by atoms with van der Waals surface area (Å²) in [7, 11) is 0. The smallest absolute Gasteiger partial charge is 0.321 e. The summed E-state index contributed by atoms with van der Waals surface area (Å²) >= 11 is 11.0. The summed E-state index contributed by atoms with van der Waals surface area (Å²) < 4.78 is 33.8. The van der Waals surface area contributed by atoms with Crippen LogP contribution in [-0.2, 0) is 20.9 Å². The number of hydrogen-bond donors (Lipinski definition) is 0. The second-order valence-electron chi connectivity index (χ2n) is 5.55. The van der Waals surface area contributed by atoms with Crippen molar-refractivity contribution in [1.29, 1.82) is 0 Å². The predicted octanol–water partition coefficient (Wildman–Crippen LogP) is 3.20. The van der Waals surface area contributed by atoms with Gasteiger partial charge in [0.1, 0.15) is 23.9 Å². The predicted molar refractivity (Wildman–Crippen MR) is 86.3 cm³/mol. The van der Waals surface area contributed by atoms with E-state index in [1.807, 2.05) is 0 Å². The fraction of sp³-hybridized carbons (Fsp3) is 0.500. The number of carbonyl (C=O) groups excluding carboxylic acids is 2. The number of amides is 1. The minimum Gasteiger partial charge on any atom is -0.459 e. The van der Waals surface area contributed by atoms with E-state index in [0.29, 0.717) is 5.56 Å². The molecule has 0 spiro atoms. The van der Waals surface area contributed by atoms with Crippen LogP contribution in [0.5, 0.6) is 0 Å². The van der Waals surface area contributed by atoms with E-state index in [9.17, 15) is 18.4 Å². The van der Waals surface area contributed by atoms with Crippen molar-refractivity contribution in [3.8, 4) is 0 Å². The van der Waals surface area contributed by atoms with Crippen LogP contribution in [0.15, 0.2) is 30.3 Å². The molecule has 2 atom stereocenters. The maximum Gasteiger partial charge on any atom is 0.321 e. The fourth-order valence-corrected chi connectivity index (χ4v) is 3.08. The molecule has 1 amide bonds. The lowest BCUT2D eigenvalue weighted by Crippen LogP contribution is -2.53. The Bertz CT molecular complexity index is 586. The molecule has 0 heterocycles. The Hall–Kier alpha value is -1.40. The van der Waals surface area contributed by atoms with Gasteiger partial charge in [-0.15, -0.1) is 23.2 Å². The Balaban J connectivity index is 2.29. The standard InChI is InChI=1S/C16H17Cl2F2NO3/c17-8-13(22)21(10-11-4-2-1-3-5-11)15-12(24-14(23)9-18)6-7-16(15,19)20/h1-5,12,15H,6-10H2/t12-,15+/m0/s1. The largest absolute Gasteiger partial charge is 0.459 e. The third kappa shape index (κ3) is 4.36. The minimum absolute atomic E-state index is 0.0401. The molecule has 0 bridgehead atoms. The van der Waals surface area contributed by atoms with Crippen LogP contribution < -0.4 is 0 Å². The highest BCUT2D eigenvalue weighted by atomic mass is 35.5. The van der Waals surface area contributed by atoms with Crippen molar-refractivity contribution in [2.75, 3.05) is 11.8 Å². The number of hydrogen-bond acceptors (Lipinski definition) is 3. The third-order valence-electron chi connectivity index (χ3n) is 3.91. The number of benzene rings is 1. The Morgan fingerprint density at radius 3 is 2.46 bits per heavy atom. The van der Waals surface area contributed by atoms with Crippen LogP contribution in [0.1, 0.15) is 18.4 Å². The van der Waals surface area contributed by atoms with Crippen molar-refractivity contribution in [3.05, 3.63) is 35.9 Å². The first-order valence-electron chi connectivity index (χ1n) is 7.41. The van der Waals surface area contributed by atoms with Gasteiger partial charge in [0.2, 0.25) is 5.91 Å². The molecular weight excluding hydrogens is 363 g/mol. The zero-order valence-corrected chi connectivity index (χ0v) is 14.3. The van der Waals surface area contributed by atoms with Gasteiger partial charge in [-0.2, -0.15) is 0 Å². The van der Waals surface area contributed by atoms with Gasteiger partial charge in [-0.3, -0.25) is 9.59 Å². The summed E-state index contributed by atoms with van der Waals surface area (Å²) in [6.45, 7) is -0.0401. The number of nitrogens with zero attached hydrogens (tertiary/aromatic N) is 1. The van der Waals surface area contributed by atoms with E-state index < -0.39 is 48.1 Å². The quantitative estimate of drug-likeness (QED) is 0.563. The van der Waals surface area contributed by atoms with Crippen LogP contribution >= 0.6 is 23.2 Å². The van der Waals surface area contributed by atoms with Gasteiger partial charge < -0.3 is 9.64 Å². The van der Waals surface area contributed by atoms with E-state index in [1.165, 1.54) is 0 Å². The zero-order valence-electron chi connectivity index (χ0n) is 12.8. The number of esters is 1. The van der Waals surface area contributed by atoms with Crippen LogP contribution in [0.3, 0.4) is 0 Å². The van der Waals surface area contributed by atoms with Crippen molar-refractivity contribution >= 4 is 35.1 Å². The van der Waals surface area contributed by atoms with Crippen LogP contribution in [0.2, 0.25) is 0 Å². The number of carbonyl (C=O) groups is 2. The van der Waals surface area contributed by atoms with E-state index in [-0.39, 0.29) is 13.0 Å². The van der Waals surface area contributed by atoms with Gasteiger partial charge in [0, 0.05) is 13.0 Å². The molecule has 1 saturated carbocycles. The Morgan fingerprint density at radius 1 is 1.21 bits per heavy atom. The maximum absolute atomic E-state index is 14.4. The first kappa shape index (κ1) is 18.9. The summed E-state index contributed by atoms with van der Waals surface area (Å²) in [5.74, 6) is -5.47. The highest BCUT2D eigenvalue weighted by Gasteiger charge is 2.55. The lowest BCUT2D eigenvalue weighted by atomic mass is 10.1. The van der Waals surface area contributed by atoms with E-state index in [1.54, 1.807) is 30.3 Å². The molecule has 1 aromatic rings. The van der Waals surface area contributed by atoms with Crippen LogP contribution in [0.4, 0.5) is 8.78 Å². The van der Waals surface area contributed by atoms with Gasteiger partial charge in [0.15, 0.2) is 0 Å². The summed E-state index contributed by atoms with van der Waals surface area (Å²) in [4.78, 5) is 24.6. The molecule has 0 saturated heterocycles. The molecule has 0 unspecified atom stereocenters. The SMILES string of the molecule is O=C(CCl)O[C@H]1CCC(F)(F)[C@@H]1N(Cc1ccccc1)C(=O)CCl. The second-order valence-corrected chi connectivity index (χ2v) is 6.08. The van der Waals surface area contributed by atoms with Gasteiger partial charge in [-0.05, 0) is 12.0 Å². The number of ether oxygens (including phenoxy) is 1. The van der Waals surface area contributed by atoms with Crippen molar-refractivity contribution in [3.63, 3.8) is 0 Å². The lowest BCUT2D eigenvalue weighted by Gasteiger charge is -2.35. The molecule has 0 radical (unpaired) electrons. The van der Waals surface area contributed by atoms with Crippen LogP contribution in [-0.4, -0.2) is 46.6 Å². The normalized spacial score (nSPS) is 22.2. The molecule has 8 heteroatoms. The summed E-state index contributed by atoms with van der Waals surface area (Å²) in [6, 6.07) is 7.17. The second kappa shape index (κ2) is 8.12. The fourth-order valence-electron chi connectivity index (χ4n) is 2.86. The van der Waals surface area contributed by atoms with Crippen molar-refractivity contribution in [2.45, 2.75) is 37.5 Å². The van der Waals surface area contributed by atoms with Gasteiger partial charge in [-0.25, -0.2) is 8.78 Å². The topological polar surface area (TPSA) is 46.6 Å². The van der Waals surface area contributed by atoms with Gasteiger partial charge in [-0.1, -0.05) is 30.3 Å². The molecule has 1 aromatic carbocycles. The van der Waals surface area contributed by atoms with Gasteiger partial charge in [0.05, 0.1) is 0 Å². The molecular formula is C16H17Cl2F2NO3. The van der Waals surface area contributed by atoms with Crippen molar-refractivity contribution in [1.82, 2.24) is 4.90 Å². The summed E-state index contributed by atoms with van der Waals surface area (Å²) in [6.07, 6.45) is -1.62.